The van der Waals surface area contributed by atoms with Crippen LogP contribution in [0.2, 0.25) is 0 Å². The van der Waals surface area contributed by atoms with Gasteiger partial charge in [0.25, 0.3) is 0 Å². The summed E-state index contributed by atoms with van der Waals surface area (Å²) < 4.78 is 7.20. The Bertz CT molecular complexity index is 796. The third kappa shape index (κ3) is 4.05. The normalized spacial score (nSPS) is 12.1. The predicted molar refractivity (Wildman–Crippen MR) is 93.0 cm³/mol. The second-order valence-corrected chi connectivity index (χ2v) is 6.74. The first-order valence-electron chi connectivity index (χ1n) is 7.56. The van der Waals surface area contributed by atoms with Crippen LogP contribution in [0.25, 0.3) is 0 Å². The van der Waals surface area contributed by atoms with E-state index in [4.69, 9.17) is 4.42 Å². The van der Waals surface area contributed by atoms with E-state index in [1.807, 2.05) is 54.8 Å². The molecule has 0 aliphatic carbocycles. The molecule has 7 heteroatoms. The molecule has 0 saturated carbocycles. The van der Waals surface area contributed by atoms with Crippen molar-refractivity contribution in [2.24, 2.45) is 0 Å². The predicted octanol–water partition coefficient (Wildman–Crippen LogP) is 3.35. The summed E-state index contributed by atoms with van der Waals surface area (Å²) in [6.45, 7) is 4.39. The van der Waals surface area contributed by atoms with Gasteiger partial charge in [-0.15, -0.1) is 10.2 Å². The van der Waals surface area contributed by atoms with Crippen molar-refractivity contribution in [1.29, 1.82) is 0 Å². The molecular formula is C17H18N4O2S. The van der Waals surface area contributed by atoms with Crippen molar-refractivity contribution in [3.8, 4) is 0 Å². The first-order chi connectivity index (χ1) is 11.6. The number of benzene rings is 1. The van der Waals surface area contributed by atoms with Gasteiger partial charge in [0.2, 0.25) is 5.91 Å². The minimum atomic E-state index is -0.300. The third-order valence-electron chi connectivity index (χ3n) is 3.46. The zero-order valence-electron chi connectivity index (χ0n) is 13.5. The lowest BCUT2D eigenvalue weighted by Gasteiger charge is -2.12. The molecule has 1 atom stereocenters. The standard InChI is InChI=1S/C17H18N4O2S/c1-12-5-7-14(8-6-12)19-16(22)13(2)24-17-20-18-11-21(17)10-15-4-3-9-23-15/h3-9,11,13H,10H2,1-2H3,(H,19,22)/t13-/m1/s1. The van der Waals surface area contributed by atoms with Crippen LogP contribution in [0, 0.1) is 6.92 Å². The number of aromatic nitrogens is 3. The monoisotopic (exact) mass is 342 g/mol. The molecule has 3 rings (SSSR count). The summed E-state index contributed by atoms with van der Waals surface area (Å²) in [5.74, 6) is 0.741. The summed E-state index contributed by atoms with van der Waals surface area (Å²) >= 11 is 1.36. The SMILES string of the molecule is Cc1ccc(NC(=O)[C@@H](C)Sc2nncn2Cc2ccco2)cc1. The van der Waals surface area contributed by atoms with Gasteiger partial charge in [-0.2, -0.15) is 0 Å². The Morgan fingerprint density at radius 2 is 2.12 bits per heavy atom. The molecule has 0 unspecified atom stereocenters. The minimum Gasteiger partial charge on any atom is -0.467 e. The van der Waals surface area contributed by atoms with Crippen molar-refractivity contribution in [1.82, 2.24) is 14.8 Å². The topological polar surface area (TPSA) is 73.0 Å². The highest BCUT2D eigenvalue weighted by molar-refractivity contribution is 8.00. The van der Waals surface area contributed by atoms with Crippen LogP contribution in [0.3, 0.4) is 0 Å². The lowest BCUT2D eigenvalue weighted by Crippen LogP contribution is -2.22. The van der Waals surface area contributed by atoms with Crippen molar-refractivity contribution in [3.05, 3.63) is 60.3 Å². The molecular weight excluding hydrogens is 324 g/mol. The van der Waals surface area contributed by atoms with Crippen molar-refractivity contribution < 1.29 is 9.21 Å². The first-order valence-corrected chi connectivity index (χ1v) is 8.44. The molecule has 0 saturated heterocycles. The van der Waals surface area contributed by atoms with E-state index >= 15 is 0 Å². The van der Waals surface area contributed by atoms with Gasteiger partial charge in [-0.3, -0.25) is 4.79 Å². The van der Waals surface area contributed by atoms with E-state index in [0.717, 1.165) is 17.0 Å². The van der Waals surface area contributed by atoms with Crippen LogP contribution in [0.1, 0.15) is 18.2 Å². The first kappa shape index (κ1) is 16.3. The number of carbonyl (C=O) groups excluding carboxylic acids is 1. The van der Waals surface area contributed by atoms with Gasteiger partial charge in [-0.1, -0.05) is 29.5 Å². The molecule has 24 heavy (non-hydrogen) atoms. The number of amides is 1. The van der Waals surface area contributed by atoms with Crippen LogP contribution in [-0.4, -0.2) is 25.9 Å². The molecule has 0 aliphatic heterocycles. The third-order valence-corrected chi connectivity index (χ3v) is 4.55. The number of carbonyl (C=O) groups is 1. The fraction of sp³-hybridized carbons (Fsp3) is 0.235. The van der Waals surface area contributed by atoms with Crippen molar-refractivity contribution >= 4 is 23.4 Å². The maximum absolute atomic E-state index is 12.3. The summed E-state index contributed by atoms with van der Waals surface area (Å²) in [6, 6.07) is 11.4. The fourth-order valence-corrected chi connectivity index (χ4v) is 2.93. The van der Waals surface area contributed by atoms with E-state index in [1.165, 1.54) is 11.8 Å². The molecule has 2 aromatic heterocycles. The maximum Gasteiger partial charge on any atom is 0.237 e. The molecule has 0 radical (unpaired) electrons. The van der Waals surface area contributed by atoms with E-state index in [0.29, 0.717) is 11.7 Å². The molecule has 3 aromatic rings. The number of hydrogen-bond donors (Lipinski definition) is 1. The highest BCUT2D eigenvalue weighted by atomic mass is 32.2. The van der Waals surface area contributed by atoms with E-state index in [1.54, 1.807) is 12.6 Å². The second-order valence-electron chi connectivity index (χ2n) is 5.44. The zero-order chi connectivity index (χ0) is 16.9. The van der Waals surface area contributed by atoms with Gasteiger partial charge in [-0.05, 0) is 38.1 Å². The average molecular weight is 342 g/mol. The number of hydrogen-bond acceptors (Lipinski definition) is 5. The molecule has 0 aliphatic rings. The number of nitrogens with zero attached hydrogens (tertiary/aromatic N) is 3. The molecule has 0 fully saturated rings. The number of rotatable bonds is 6. The fourth-order valence-electron chi connectivity index (χ4n) is 2.11. The summed E-state index contributed by atoms with van der Waals surface area (Å²) in [5, 5.41) is 11.3. The highest BCUT2D eigenvalue weighted by Crippen LogP contribution is 2.23. The highest BCUT2D eigenvalue weighted by Gasteiger charge is 2.18. The van der Waals surface area contributed by atoms with Crippen LogP contribution in [0.5, 0.6) is 0 Å². The molecule has 124 valence electrons. The largest absolute Gasteiger partial charge is 0.467 e. The number of nitrogens with one attached hydrogen (secondary N) is 1. The van der Waals surface area contributed by atoms with Crippen LogP contribution < -0.4 is 5.32 Å². The van der Waals surface area contributed by atoms with Gasteiger partial charge < -0.3 is 14.3 Å². The van der Waals surface area contributed by atoms with E-state index in [2.05, 4.69) is 15.5 Å². The number of anilines is 1. The number of thioether (sulfide) groups is 1. The lowest BCUT2D eigenvalue weighted by atomic mass is 10.2. The van der Waals surface area contributed by atoms with Crippen molar-refractivity contribution in [2.45, 2.75) is 30.8 Å². The van der Waals surface area contributed by atoms with Crippen LogP contribution >= 0.6 is 11.8 Å². The molecule has 0 spiro atoms. The second kappa shape index (κ2) is 7.35. The molecule has 0 bridgehead atoms. The summed E-state index contributed by atoms with van der Waals surface area (Å²) in [6.07, 6.45) is 3.26. The van der Waals surface area contributed by atoms with E-state index in [-0.39, 0.29) is 11.2 Å². The van der Waals surface area contributed by atoms with Gasteiger partial charge in [0.1, 0.15) is 12.1 Å². The quantitative estimate of drug-likeness (QED) is 0.696. The van der Waals surface area contributed by atoms with Crippen LogP contribution in [0.15, 0.2) is 58.6 Å². The van der Waals surface area contributed by atoms with Gasteiger partial charge >= 0.3 is 0 Å². The Labute approximate surface area is 144 Å². The number of furan rings is 1. The van der Waals surface area contributed by atoms with Crippen molar-refractivity contribution in [2.75, 3.05) is 5.32 Å². The zero-order valence-corrected chi connectivity index (χ0v) is 14.3. The van der Waals surface area contributed by atoms with Gasteiger partial charge in [0, 0.05) is 5.69 Å². The van der Waals surface area contributed by atoms with E-state index in [9.17, 15) is 4.79 Å². The number of aryl methyl sites for hydroxylation is 1. The van der Waals surface area contributed by atoms with Crippen molar-refractivity contribution in [3.63, 3.8) is 0 Å². The average Bonchev–Trinajstić information content (AvgIpc) is 3.22. The Balaban J connectivity index is 1.62. The van der Waals surface area contributed by atoms with Gasteiger partial charge in [0.15, 0.2) is 5.16 Å². The minimum absolute atomic E-state index is 0.0728. The molecule has 1 amide bonds. The maximum atomic E-state index is 12.3. The Kier molecular flexibility index (Phi) is 5.00. The summed E-state index contributed by atoms with van der Waals surface area (Å²) in [5.41, 5.74) is 1.94. The van der Waals surface area contributed by atoms with E-state index < -0.39 is 0 Å². The smallest absolute Gasteiger partial charge is 0.237 e. The summed E-state index contributed by atoms with van der Waals surface area (Å²) in [4.78, 5) is 12.3. The molecule has 1 N–H and O–H groups in total. The van der Waals surface area contributed by atoms with Gasteiger partial charge in [0.05, 0.1) is 18.1 Å². The van der Waals surface area contributed by atoms with Crippen LogP contribution in [0.4, 0.5) is 5.69 Å². The lowest BCUT2D eigenvalue weighted by molar-refractivity contribution is -0.115. The van der Waals surface area contributed by atoms with Crippen LogP contribution in [-0.2, 0) is 11.3 Å². The summed E-state index contributed by atoms with van der Waals surface area (Å²) in [7, 11) is 0. The Hall–Kier alpha value is -2.54. The molecule has 1 aromatic carbocycles. The molecule has 6 nitrogen and oxygen atoms in total. The Morgan fingerprint density at radius 1 is 1.33 bits per heavy atom. The van der Waals surface area contributed by atoms with Gasteiger partial charge in [-0.25, -0.2) is 0 Å². The Morgan fingerprint density at radius 3 is 2.83 bits per heavy atom. The molecule has 2 heterocycles.